The molecule has 2 aromatic carbocycles. The van der Waals surface area contributed by atoms with E-state index in [2.05, 4.69) is 28.8 Å². The molecule has 1 aliphatic heterocycles. The first-order valence-electron chi connectivity index (χ1n) is 9.66. The van der Waals surface area contributed by atoms with Crippen LogP contribution in [0.15, 0.2) is 65.7 Å². The number of hydrogen-bond donors (Lipinski definition) is 0. The van der Waals surface area contributed by atoms with E-state index in [1.807, 2.05) is 37.5 Å². The molecule has 0 spiro atoms. The quantitative estimate of drug-likeness (QED) is 0.480. The summed E-state index contributed by atoms with van der Waals surface area (Å²) in [7, 11) is 1.77. The summed E-state index contributed by atoms with van der Waals surface area (Å²) >= 11 is 0. The summed E-state index contributed by atoms with van der Waals surface area (Å²) in [4.78, 5) is 12.0. The smallest absolute Gasteiger partial charge is 0.253 e. The Bertz CT molecular complexity index is 1270. The first-order valence-corrected chi connectivity index (χ1v) is 9.66. The minimum absolute atomic E-state index is 0.0208. The second-order valence-corrected chi connectivity index (χ2v) is 7.72. The van der Waals surface area contributed by atoms with Crippen LogP contribution >= 0.6 is 0 Å². The number of epoxide rings is 1. The summed E-state index contributed by atoms with van der Waals surface area (Å²) in [6, 6.07) is 15.6. The third-order valence-corrected chi connectivity index (χ3v) is 5.56. The lowest BCUT2D eigenvalue weighted by atomic mass is 10.0. The lowest BCUT2D eigenvalue weighted by Crippen LogP contribution is -2.18. The van der Waals surface area contributed by atoms with Crippen molar-refractivity contribution in [1.82, 2.24) is 9.13 Å². The van der Waals surface area contributed by atoms with Crippen molar-refractivity contribution in [3.63, 3.8) is 0 Å². The molecule has 0 amide bonds. The molecule has 2 aromatic heterocycles. The van der Waals surface area contributed by atoms with E-state index in [-0.39, 0.29) is 17.5 Å². The molecule has 146 valence electrons. The molecule has 1 fully saturated rings. The molecule has 0 bridgehead atoms. The average molecular weight is 388 g/mol. The monoisotopic (exact) mass is 388 g/mol. The van der Waals surface area contributed by atoms with Crippen molar-refractivity contribution in [2.24, 2.45) is 7.05 Å². The molecule has 29 heavy (non-hydrogen) atoms. The van der Waals surface area contributed by atoms with Gasteiger partial charge < -0.3 is 13.9 Å². The number of fused-ring (bicyclic) bond motifs is 1. The minimum atomic E-state index is -0.200. The number of aryl methyl sites for hydroxylation is 2. The van der Waals surface area contributed by atoms with E-state index in [1.165, 1.54) is 0 Å². The van der Waals surface area contributed by atoms with Gasteiger partial charge in [-0.05, 0) is 53.9 Å². The van der Waals surface area contributed by atoms with Crippen molar-refractivity contribution in [3.05, 3.63) is 93.8 Å². The van der Waals surface area contributed by atoms with E-state index in [9.17, 15) is 9.18 Å². The summed E-state index contributed by atoms with van der Waals surface area (Å²) in [5.41, 5.74) is 5.47. The molecule has 0 aliphatic carbocycles. The predicted octanol–water partition coefficient (Wildman–Crippen LogP) is 4.57. The van der Waals surface area contributed by atoms with Crippen LogP contribution in [0.25, 0.3) is 22.0 Å². The van der Waals surface area contributed by atoms with Crippen molar-refractivity contribution in [2.75, 3.05) is 6.61 Å². The van der Waals surface area contributed by atoms with Gasteiger partial charge in [-0.1, -0.05) is 18.2 Å². The molecular formula is C24H21FN2O2. The maximum Gasteiger partial charge on any atom is 0.253 e. The third kappa shape index (κ3) is 3.28. The first-order chi connectivity index (χ1) is 14.0. The van der Waals surface area contributed by atoms with E-state index < -0.39 is 0 Å². The predicted molar refractivity (Wildman–Crippen MR) is 112 cm³/mol. The standard InChI is InChI=1S/C24H21FN2O2/c1-15-9-19(13-26(2)24(15)28)17-4-6-22-18(11-17)7-8-27(22)12-16-3-5-20(21(25)10-16)23-14-29-23/h3-11,13,23H,12,14H2,1-2H3. The van der Waals surface area contributed by atoms with Gasteiger partial charge in [0, 0.05) is 48.0 Å². The number of hydrogen-bond acceptors (Lipinski definition) is 2. The Balaban J connectivity index is 1.46. The number of rotatable bonds is 4. The molecule has 4 aromatic rings. The second kappa shape index (κ2) is 6.71. The van der Waals surface area contributed by atoms with Gasteiger partial charge >= 0.3 is 0 Å². The number of aromatic nitrogens is 2. The SMILES string of the molecule is Cc1cc(-c2ccc3c(ccn3Cc3ccc(C4CO4)c(F)c3)c2)cn(C)c1=O. The summed E-state index contributed by atoms with van der Waals surface area (Å²) in [5.74, 6) is -0.200. The molecule has 0 radical (unpaired) electrons. The molecule has 1 saturated heterocycles. The Kier molecular flexibility index (Phi) is 4.14. The Hall–Kier alpha value is -3.18. The second-order valence-electron chi connectivity index (χ2n) is 7.72. The zero-order valence-corrected chi connectivity index (χ0v) is 16.4. The van der Waals surface area contributed by atoms with Gasteiger partial charge in [0.05, 0.1) is 6.61 Å². The van der Waals surface area contributed by atoms with Crippen LogP contribution in [-0.4, -0.2) is 15.7 Å². The molecule has 1 unspecified atom stereocenters. The molecule has 1 atom stereocenters. The summed E-state index contributed by atoms with van der Waals surface area (Å²) in [5, 5.41) is 1.11. The van der Waals surface area contributed by atoms with Crippen LogP contribution in [0.4, 0.5) is 4.39 Å². The number of halogens is 1. The van der Waals surface area contributed by atoms with Gasteiger partial charge in [0.1, 0.15) is 11.9 Å². The molecule has 3 heterocycles. The Morgan fingerprint density at radius 1 is 1.10 bits per heavy atom. The van der Waals surface area contributed by atoms with Gasteiger partial charge in [0.25, 0.3) is 5.56 Å². The van der Waals surface area contributed by atoms with E-state index in [0.29, 0.717) is 18.7 Å². The van der Waals surface area contributed by atoms with Crippen LogP contribution in [0.1, 0.15) is 22.8 Å². The van der Waals surface area contributed by atoms with Crippen molar-refractivity contribution >= 4 is 10.9 Å². The first kappa shape index (κ1) is 17.9. The summed E-state index contributed by atoms with van der Waals surface area (Å²) in [6.45, 7) is 3.04. The molecule has 0 N–H and O–H groups in total. The Morgan fingerprint density at radius 2 is 1.93 bits per heavy atom. The topological polar surface area (TPSA) is 39.5 Å². The van der Waals surface area contributed by atoms with Crippen LogP contribution in [0.3, 0.4) is 0 Å². The number of nitrogens with zero attached hydrogens (tertiary/aromatic N) is 2. The van der Waals surface area contributed by atoms with Crippen LogP contribution in [0, 0.1) is 12.7 Å². The minimum Gasteiger partial charge on any atom is -0.368 e. The molecular weight excluding hydrogens is 367 g/mol. The molecule has 0 saturated carbocycles. The van der Waals surface area contributed by atoms with E-state index in [0.717, 1.165) is 33.2 Å². The van der Waals surface area contributed by atoms with Crippen molar-refractivity contribution in [2.45, 2.75) is 19.6 Å². The maximum atomic E-state index is 14.3. The van der Waals surface area contributed by atoms with E-state index in [1.54, 1.807) is 17.7 Å². The van der Waals surface area contributed by atoms with Gasteiger partial charge in [0.15, 0.2) is 0 Å². The van der Waals surface area contributed by atoms with Crippen LogP contribution in [0.5, 0.6) is 0 Å². The largest absolute Gasteiger partial charge is 0.368 e. The number of ether oxygens (including phenoxy) is 1. The van der Waals surface area contributed by atoms with Gasteiger partial charge in [0.2, 0.25) is 0 Å². The maximum absolute atomic E-state index is 14.3. The highest BCUT2D eigenvalue weighted by molar-refractivity contribution is 5.85. The van der Waals surface area contributed by atoms with Gasteiger partial charge in [-0.25, -0.2) is 4.39 Å². The van der Waals surface area contributed by atoms with Gasteiger partial charge in [-0.2, -0.15) is 0 Å². The Labute approximate surface area is 167 Å². The molecule has 5 rings (SSSR count). The molecule has 1 aliphatic rings. The summed E-state index contributed by atoms with van der Waals surface area (Å²) < 4.78 is 23.2. The number of benzene rings is 2. The fourth-order valence-electron chi connectivity index (χ4n) is 3.91. The summed E-state index contributed by atoms with van der Waals surface area (Å²) in [6.07, 6.45) is 3.81. The lowest BCUT2D eigenvalue weighted by Gasteiger charge is -2.09. The van der Waals surface area contributed by atoms with Crippen LogP contribution < -0.4 is 5.56 Å². The van der Waals surface area contributed by atoms with Gasteiger partial charge in [-0.15, -0.1) is 0 Å². The van der Waals surface area contributed by atoms with Crippen molar-refractivity contribution in [1.29, 1.82) is 0 Å². The van der Waals surface area contributed by atoms with Crippen LogP contribution in [-0.2, 0) is 18.3 Å². The highest BCUT2D eigenvalue weighted by Crippen LogP contribution is 2.32. The highest BCUT2D eigenvalue weighted by Gasteiger charge is 2.27. The average Bonchev–Trinajstić information content (AvgIpc) is 3.47. The van der Waals surface area contributed by atoms with E-state index >= 15 is 0 Å². The van der Waals surface area contributed by atoms with E-state index in [4.69, 9.17) is 4.74 Å². The third-order valence-electron chi connectivity index (χ3n) is 5.56. The molecule has 4 nitrogen and oxygen atoms in total. The zero-order chi connectivity index (χ0) is 20.1. The van der Waals surface area contributed by atoms with Crippen molar-refractivity contribution < 1.29 is 9.13 Å². The number of pyridine rings is 1. The lowest BCUT2D eigenvalue weighted by molar-refractivity contribution is 0.407. The van der Waals surface area contributed by atoms with Crippen molar-refractivity contribution in [3.8, 4) is 11.1 Å². The fraction of sp³-hybridized carbons (Fsp3) is 0.208. The Morgan fingerprint density at radius 3 is 2.66 bits per heavy atom. The normalized spacial score (nSPS) is 15.8. The highest BCUT2D eigenvalue weighted by atomic mass is 19.1. The zero-order valence-electron chi connectivity index (χ0n) is 16.4. The fourth-order valence-corrected chi connectivity index (χ4v) is 3.91. The van der Waals surface area contributed by atoms with Gasteiger partial charge in [-0.3, -0.25) is 4.79 Å². The molecule has 5 heteroatoms. The van der Waals surface area contributed by atoms with Crippen LogP contribution in [0.2, 0.25) is 0 Å².